The Morgan fingerprint density at radius 2 is 1.73 bits per heavy atom. The Morgan fingerprint density at radius 1 is 0.939 bits per heavy atom. The number of fused-ring (bicyclic) bond motifs is 2. The van der Waals surface area contributed by atoms with Gasteiger partial charge in [-0.25, -0.2) is 0 Å². The van der Waals surface area contributed by atoms with E-state index < -0.39 is 0 Å². The first kappa shape index (κ1) is 20.8. The number of aromatic amines is 1. The number of hydrogen-bond acceptors (Lipinski definition) is 6. The molecular weight excluding hydrogens is 486 g/mol. The summed E-state index contributed by atoms with van der Waals surface area (Å²) < 4.78 is 12.1. The Morgan fingerprint density at radius 3 is 2.55 bits per heavy atom. The molecular formula is C25H16BrN3O4. The Bertz CT molecular complexity index is 1670. The van der Waals surface area contributed by atoms with Crippen LogP contribution >= 0.6 is 15.9 Å². The molecule has 0 aliphatic rings. The van der Waals surface area contributed by atoms with Gasteiger partial charge in [0.2, 0.25) is 11.8 Å². The lowest BCUT2D eigenvalue weighted by atomic mass is 10.1. The third kappa shape index (κ3) is 3.85. The van der Waals surface area contributed by atoms with E-state index in [0.29, 0.717) is 33.0 Å². The fourth-order valence-corrected chi connectivity index (χ4v) is 4.05. The summed E-state index contributed by atoms with van der Waals surface area (Å²) in [5, 5.41) is 9.24. The van der Waals surface area contributed by atoms with Gasteiger partial charge < -0.3 is 14.1 Å². The second kappa shape index (κ2) is 8.48. The molecule has 2 heterocycles. The van der Waals surface area contributed by atoms with E-state index in [0.717, 1.165) is 10.0 Å². The van der Waals surface area contributed by atoms with Crippen LogP contribution in [0.1, 0.15) is 11.5 Å². The van der Waals surface area contributed by atoms with Crippen molar-refractivity contribution < 1.29 is 9.15 Å². The van der Waals surface area contributed by atoms with Gasteiger partial charge in [-0.15, -0.1) is 10.2 Å². The maximum Gasteiger partial charge on any atom is 0.256 e. The summed E-state index contributed by atoms with van der Waals surface area (Å²) in [5.74, 6) is 1.15. The zero-order valence-electron chi connectivity index (χ0n) is 17.3. The van der Waals surface area contributed by atoms with Crippen LogP contribution in [0.25, 0.3) is 45.3 Å². The molecule has 0 bridgehead atoms. The maximum atomic E-state index is 13.1. The van der Waals surface area contributed by atoms with Crippen molar-refractivity contribution in [1.82, 2.24) is 15.2 Å². The molecule has 0 aliphatic carbocycles. The minimum absolute atomic E-state index is 0.187. The van der Waals surface area contributed by atoms with Crippen LogP contribution in [0.5, 0.6) is 5.75 Å². The van der Waals surface area contributed by atoms with Gasteiger partial charge >= 0.3 is 0 Å². The van der Waals surface area contributed by atoms with Gasteiger partial charge in [0.25, 0.3) is 5.56 Å². The number of para-hydroxylation sites is 1. The van der Waals surface area contributed by atoms with Gasteiger partial charge in [0.1, 0.15) is 5.75 Å². The van der Waals surface area contributed by atoms with Crippen molar-refractivity contribution in [2.75, 3.05) is 7.11 Å². The number of methoxy groups -OCH3 is 1. The van der Waals surface area contributed by atoms with Crippen molar-refractivity contribution in [3.63, 3.8) is 0 Å². The topological polar surface area (TPSA) is 98.1 Å². The van der Waals surface area contributed by atoms with E-state index in [1.54, 1.807) is 61.7 Å². The average molecular weight is 502 g/mol. The maximum absolute atomic E-state index is 13.1. The van der Waals surface area contributed by atoms with Gasteiger partial charge in [0.05, 0.1) is 23.6 Å². The Labute approximate surface area is 195 Å². The Balaban J connectivity index is 1.63. The van der Waals surface area contributed by atoms with Crippen LogP contribution in [-0.2, 0) is 0 Å². The number of nitrogens with one attached hydrogen (secondary N) is 1. The molecule has 3 aromatic carbocycles. The summed E-state index contributed by atoms with van der Waals surface area (Å²) in [6.07, 6.45) is 3.47. The van der Waals surface area contributed by atoms with Gasteiger partial charge in [-0.3, -0.25) is 9.59 Å². The van der Waals surface area contributed by atoms with E-state index in [2.05, 4.69) is 31.1 Å². The predicted octanol–water partition coefficient (Wildman–Crippen LogP) is 5.03. The van der Waals surface area contributed by atoms with Crippen LogP contribution in [0.2, 0.25) is 0 Å². The van der Waals surface area contributed by atoms with Gasteiger partial charge in [-0.2, -0.15) is 0 Å². The van der Waals surface area contributed by atoms with Crippen LogP contribution < -0.4 is 15.7 Å². The molecule has 5 aromatic rings. The van der Waals surface area contributed by atoms with E-state index in [-0.39, 0.29) is 22.8 Å². The summed E-state index contributed by atoms with van der Waals surface area (Å²) in [5.41, 5.74) is 1.02. The van der Waals surface area contributed by atoms with Crippen molar-refractivity contribution in [3.8, 4) is 17.2 Å². The van der Waals surface area contributed by atoms with E-state index in [4.69, 9.17) is 9.15 Å². The smallest absolute Gasteiger partial charge is 0.256 e. The van der Waals surface area contributed by atoms with Crippen LogP contribution in [0.3, 0.4) is 0 Å². The molecule has 0 fully saturated rings. The number of benzene rings is 3. The molecule has 8 heteroatoms. The van der Waals surface area contributed by atoms with Crippen molar-refractivity contribution >= 4 is 49.8 Å². The highest BCUT2D eigenvalue weighted by Gasteiger charge is 2.14. The van der Waals surface area contributed by atoms with Gasteiger partial charge in [-0.05, 0) is 42.5 Å². The zero-order chi connectivity index (χ0) is 22.9. The van der Waals surface area contributed by atoms with Gasteiger partial charge in [0.15, 0.2) is 5.43 Å². The summed E-state index contributed by atoms with van der Waals surface area (Å²) in [6.45, 7) is 0. The zero-order valence-corrected chi connectivity index (χ0v) is 18.9. The Hall–Kier alpha value is -4.04. The molecule has 0 saturated heterocycles. The van der Waals surface area contributed by atoms with Crippen molar-refractivity contribution in [3.05, 3.63) is 97.2 Å². The van der Waals surface area contributed by atoms with E-state index in [1.807, 2.05) is 18.2 Å². The fourth-order valence-electron chi connectivity index (χ4n) is 3.67. The molecule has 0 saturated carbocycles. The first-order valence-corrected chi connectivity index (χ1v) is 10.8. The molecule has 162 valence electrons. The minimum atomic E-state index is -0.369. The molecule has 0 atom stereocenters. The minimum Gasteiger partial charge on any atom is -0.496 e. The Kier molecular flexibility index (Phi) is 5.35. The standard InChI is InChI=1S/C25H16BrN3O4/c1-32-20-11-10-15(26)13-14(20)9-12-21-28-29-25(33-21)19-8-4-7-18-22(19)27-24(31)17-6-3-2-5-16(17)23(18)30/h2-13H,1H3,(H,27,31)/b12-9+. The van der Waals surface area contributed by atoms with Crippen molar-refractivity contribution in [1.29, 1.82) is 0 Å². The van der Waals surface area contributed by atoms with Gasteiger partial charge in [0, 0.05) is 26.9 Å². The van der Waals surface area contributed by atoms with E-state index in [1.165, 1.54) is 0 Å². The molecule has 0 aliphatic heterocycles. The molecule has 2 aromatic heterocycles. The summed E-state index contributed by atoms with van der Waals surface area (Å²) >= 11 is 3.45. The van der Waals surface area contributed by atoms with Crippen molar-refractivity contribution in [2.45, 2.75) is 0 Å². The number of aromatic nitrogens is 3. The van der Waals surface area contributed by atoms with Crippen LogP contribution in [0.15, 0.2) is 79.1 Å². The molecule has 1 N–H and O–H groups in total. The normalized spacial score (nSPS) is 11.5. The largest absolute Gasteiger partial charge is 0.496 e. The molecule has 0 radical (unpaired) electrons. The molecule has 33 heavy (non-hydrogen) atoms. The molecule has 0 unspecified atom stereocenters. The summed E-state index contributed by atoms with van der Waals surface area (Å²) in [4.78, 5) is 28.8. The van der Waals surface area contributed by atoms with Crippen LogP contribution in [0.4, 0.5) is 0 Å². The lowest BCUT2D eigenvalue weighted by Crippen LogP contribution is -2.02. The lowest BCUT2D eigenvalue weighted by Gasteiger charge is -2.04. The first-order chi connectivity index (χ1) is 16.0. The van der Waals surface area contributed by atoms with Crippen LogP contribution in [-0.4, -0.2) is 22.3 Å². The molecule has 5 rings (SSSR count). The predicted molar refractivity (Wildman–Crippen MR) is 131 cm³/mol. The first-order valence-electron chi connectivity index (χ1n) is 9.99. The SMILES string of the molecule is COc1ccc(Br)cc1/C=C/c1nnc(-c2cccc3c(=O)c4ccccc4c(=O)[nH]c23)o1. The highest BCUT2D eigenvalue weighted by atomic mass is 79.9. The number of ether oxygens (including phenoxy) is 1. The second-order valence-electron chi connectivity index (χ2n) is 7.22. The molecule has 0 spiro atoms. The lowest BCUT2D eigenvalue weighted by molar-refractivity contribution is 0.414. The summed E-state index contributed by atoms with van der Waals surface area (Å²) in [7, 11) is 1.60. The number of nitrogens with zero attached hydrogens (tertiary/aromatic N) is 2. The van der Waals surface area contributed by atoms with Gasteiger partial charge in [-0.1, -0.05) is 40.2 Å². The monoisotopic (exact) mass is 501 g/mol. The molecule has 7 nitrogen and oxygen atoms in total. The second-order valence-corrected chi connectivity index (χ2v) is 8.14. The number of hydrogen-bond donors (Lipinski definition) is 1. The fraction of sp³-hybridized carbons (Fsp3) is 0.0400. The quantitative estimate of drug-likeness (QED) is 0.370. The van der Waals surface area contributed by atoms with E-state index in [9.17, 15) is 9.59 Å². The van der Waals surface area contributed by atoms with Crippen molar-refractivity contribution in [2.24, 2.45) is 0 Å². The third-order valence-corrected chi connectivity index (χ3v) is 5.73. The number of H-pyrrole nitrogens is 1. The third-order valence-electron chi connectivity index (χ3n) is 5.23. The number of halogens is 1. The summed E-state index contributed by atoms with van der Waals surface area (Å²) in [6, 6.07) is 17.5. The average Bonchev–Trinajstić information content (AvgIpc) is 3.27. The molecule has 0 amide bonds. The van der Waals surface area contributed by atoms with E-state index >= 15 is 0 Å². The van der Waals surface area contributed by atoms with Crippen LogP contribution in [0, 0.1) is 0 Å². The highest BCUT2D eigenvalue weighted by molar-refractivity contribution is 9.10. The number of rotatable bonds is 4. The highest BCUT2D eigenvalue weighted by Crippen LogP contribution is 2.27.